The lowest BCUT2D eigenvalue weighted by atomic mass is 9.96. The van der Waals surface area contributed by atoms with Crippen LogP contribution in [0.5, 0.6) is 11.5 Å². The molecule has 0 saturated carbocycles. The van der Waals surface area contributed by atoms with Crippen LogP contribution < -0.4 is 20.1 Å². The third-order valence-electron chi connectivity index (χ3n) is 6.14. The van der Waals surface area contributed by atoms with Crippen molar-refractivity contribution in [2.45, 2.75) is 29.7 Å². The fraction of sp³-hybridized carbons (Fsp3) is 0.333. The summed E-state index contributed by atoms with van der Waals surface area (Å²) in [7, 11) is -4.05. The zero-order valence-corrected chi connectivity index (χ0v) is 19.5. The Morgan fingerprint density at radius 2 is 1.71 bits per heavy atom. The van der Waals surface area contributed by atoms with Gasteiger partial charge in [-0.15, -0.1) is 0 Å². The Labute approximate surface area is 197 Å². The van der Waals surface area contributed by atoms with Crippen molar-refractivity contribution in [2.75, 3.05) is 31.2 Å². The summed E-state index contributed by atoms with van der Waals surface area (Å²) in [5.41, 5.74) is 7.20. The Hall–Kier alpha value is -3.53. The molecule has 2 aliphatic heterocycles. The topological polar surface area (TPSA) is 125 Å². The number of anilines is 1. The van der Waals surface area contributed by atoms with Crippen molar-refractivity contribution < 1.29 is 27.1 Å². The van der Waals surface area contributed by atoms with Crippen LogP contribution in [-0.4, -0.2) is 45.6 Å². The summed E-state index contributed by atoms with van der Waals surface area (Å²) in [6.07, 6.45) is 1.03. The molecule has 2 aromatic carbocycles. The van der Waals surface area contributed by atoms with Gasteiger partial charge in [-0.25, -0.2) is 8.42 Å². The van der Waals surface area contributed by atoms with Gasteiger partial charge in [0.25, 0.3) is 0 Å². The fourth-order valence-electron chi connectivity index (χ4n) is 4.16. The lowest BCUT2D eigenvalue weighted by Gasteiger charge is -2.30. The van der Waals surface area contributed by atoms with Gasteiger partial charge in [0.1, 0.15) is 13.2 Å². The highest BCUT2D eigenvalue weighted by molar-refractivity contribution is 7.91. The van der Waals surface area contributed by atoms with E-state index in [1.54, 1.807) is 6.07 Å². The number of sulfone groups is 1. The summed E-state index contributed by atoms with van der Waals surface area (Å²) in [6, 6.07) is 12.0. The van der Waals surface area contributed by atoms with Crippen LogP contribution in [0.3, 0.4) is 0 Å². The van der Waals surface area contributed by atoms with E-state index in [0.717, 1.165) is 5.56 Å². The first-order valence-electron chi connectivity index (χ1n) is 11.1. The van der Waals surface area contributed by atoms with Crippen molar-refractivity contribution in [3.8, 4) is 23.0 Å². The first-order chi connectivity index (χ1) is 16.3. The zero-order chi connectivity index (χ0) is 23.9. The van der Waals surface area contributed by atoms with Gasteiger partial charge in [-0.05, 0) is 44.0 Å². The number of piperidine rings is 1. The van der Waals surface area contributed by atoms with Crippen LogP contribution >= 0.6 is 0 Å². The highest BCUT2D eigenvalue weighted by atomic mass is 32.2. The summed E-state index contributed by atoms with van der Waals surface area (Å²) in [6.45, 7) is 3.58. The van der Waals surface area contributed by atoms with Crippen LogP contribution in [0.4, 0.5) is 5.88 Å². The van der Waals surface area contributed by atoms with Crippen LogP contribution in [0, 0.1) is 12.8 Å². The molecule has 0 atom stereocenters. The molecule has 0 spiro atoms. The van der Waals surface area contributed by atoms with E-state index in [2.05, 4.69) is 4.98 Å². The molecule has 2 N–H and O–H groups in total. The van der Waals surface area contributed by atoms with Gasteiger partial charge in [0.05, 0.1) is 4.90 Å². The number of aryl methyl sites for hydroxylation is 1. The lowest BCUT2D eigenvalue weighted by Crippen LogP contribution is -2.38. The van der Waals surface area contributed by atoms with Gasteiger partial charge in [0, 0.05) is 30.6 Å². The Morgan fingerprint density at radius 3 is 2.38 bits per heavy atom. The SMILES string of the molecule is Cc1ccc(-c2nc(S(=O)(=O)c3ccc4c(c3)OCCO4)c(N3CCC(C(N)=O)CC3)o2)cc1. The molecule has 0 aliphatic carbocycles. The molecular weight excluding hydrogens is 458 g/mol. The Bertz CT molecular complexity index is 1330. The van der Waals surface area contributed by atoms with E-state index in [9.17, 15) is 13.2 Å². The molecule has 178 valence electrons. The summed E-state index contributed by atoms with van der Waals surface area (Å²) >= 11 is 0. The highest BCUT2D eigenvalue weighted by Gasteiger charge is 2.34. The van der Waals surface area contributed by atoms with E-state index in [-0.39, 0.29) is 33.5 Å². The molecule has 1 fully saturated rings. The summed E-state index contributed by atoms with van der Waals surface area (Å²) in [5.74, 6) is 0.657. The monoisotopic (exact) mass is 483 g/mol. The molecule has 0 bridgehead atoms. The van der Waals surface area contributed by atoms with Gasteiger partial charge < -0.3 is 24.5 Å². The zero-order valence-electron chi connectivity index (χ0n) is 18.7. The Kier molecular flexibility index (Phi) is 5.68. The molecule has 1 aromatic heterocycles. The molecule has 3 aromatic rings. The minimum absolute atomic E-state index is 0.0359. The molecule has 2 aliphatic rings. The van der Waals surface area contributed by atoms with Gasteiger partial charge in [-0.2, -0.15) is 4.98 Å². The number of primary amides is 1. The molecule has 10 heteroatoms. The number of ether oxygens (including phenoxy) is 2. The number of oxazole rings is 1. The number of hydrogen-bond donors (Lipinski definition) is 1. The number of benzene rings is 2. The summed E-state index contributed by atoms with van der Waals surface area (Å²) in [4.78, 5) is 17.9. The van der Waals surface area contributed by atoms with E-state index < -0.39 is 9.84 Å². The largest absolute Gasteiger partial charge is 0.486 e. The van der Waals surface area contributed by atoms with E-state index in [1.165, 1.54) is 12.1 Å². The minimum Gasteiger partial charge on any atom is -0.486 e. The molecule has 0 unspecified atom stereocenters. The maximum Gasteiger partial charge on any atom is 0.236 e. The maximum absolute atomic E-state index is 13.7. The van der Waals surface area contributed by atoms with Gasteiger partial charge in [0.15, 0.2) is 11.5 Å². The number of aromatic nitrogens is 1. The Morgan fingerprint density at radius 1 is 1.03 bits per heavy atom. The number of fused-ring (bicyclic) bond motifs is 1. The molecule has 1 amide bonds. The normalized spacial score (nSPS) is 16.4. The van der Waals surface area contributed by atoms with Gasteiger partial charge in [0.2, 0.25) is 32.5 Å². The van der Waals surface area contributed by atoms with Crippen LogP contribution in [0.15, 0.2) is 56.8 Å². The number of hydrogen-bond acceptors (Lipinski definition) is 8. The second kappa shape index (κ2) is 8.68. The van der Waals surface area contributed by atoms with Gasteiger partial charge >= 0.3 is 0 Å². The standard InChI is InChI=1S/C24H25N3O6S/c1-15-2-4-17(5-3-15)22-26-23(24(33-22)27-10-8-16(9-11-27)21(25)28)34(29,30)18-6-7-19-20(14-18)32-13-12-31-19/h2-7,14,16H,8-13H2,1H3,(H2,25,28). The number of carbonyl (C=O) groups is 1. The summed E-state index contributed by atoms with van der Waals surface area (Å²) in [5, 5.41) is -0.169. The van der Waals surface area contributed by atoms with Crippen LogP contribution in [0.1, 0.15) is 18.4 Å². The first kappa shape index (κ1) is 22.3. The third kappa shape index (κ3) is 4.09. The molecule has 9 nitrogen and oxygen atoms in total. The number of rotatable bonds is 5. The molecule has 5 rings (SSSR count). The minimum atomic E-state index is -4.05. The molecule has 1 saturated heterocycles. The van der Waals surface area contributed by atoms with Crippen molar-refractivity contribution in [3.05, 3.63) is 48.0 Å². The van der Waals surface area contributed by atoms with Crippen LogP contribution in [-0.2, 0) is 14.6 Å². The predicted molar refractivity (Wildman–Crippen MR) is 124 cm³/mol. The number of nitrogens with zero attached hydrogens (tertiary/aromatic N) is 2. The number of nitrogens with two attached hydrogens (primary N) is 1. The average molecular weight is 484 g/mol. The molecule has 3 heterocycles. The molecule has 34 heavy (non-hydrogen) atoms. The second-order valence-electron chi connectivity index (χ2n) is 8.47. The average Bonchev–Trinajstić information content (AvgIpc) is 3.31. The third-order valence-corrected chi connectivity index (χ3v) is 7.79. The van der Waals surface area contributed by atoms with Crippen molar-refractivity contribution in [2.24, 2.45) is 11.7 Å². The van der Waals surface area contributed by atoms with Crippen molar-refractivity contribution >= 4 is 21.6 Å². The van der Waals surface area contributed by atoms with Crippen molar-refractivity contribution in [3.63, 3.8) is 0 Å². The Balaban J connectivity index is 1.57. The molecule has 0 radical (unpaired) electrons. The molecular formula is C24H25N3O6S. The summed E-state index contributed by atoms with van der Waals surface area (Å²) < 4.78 is 44.6. The second-order valence-corrected chi connectivity index (χ2v) is 10.3. The first-order valence-corrected chi connectivity index (χ1v) is 12.6. The van der Waals surface area contributed by atoms with Crippen LogP contribution in [0.25, 0.3) is 11.5 Å². The number of amides is 1. The van der Waals surface area contributed by atoms with E-state index in [4.69, 9.17) is 19.6 Å². The van der Waals surface area contributed by atoms with E-state index >= 15 is 0 Å². The smallest absolute Gasteiger partial charge is 0.236 e. The van der Waals surface area contributed by atoms with Crippen molar-refractivity contribution in [1.82, 2.24) is 4.98 Å². The number of carbonyl (C=O) groups excluding carboxylic acids is 1. The van der Waals surface area contributed by atoms with E-state index in [1.807, 2.05) is 36.1 Å². The van der Waals surface area contributed by atoms with Crippen LogP contribution in [0.2, 0.25) is 0 Å². The van der Waals surface area contributed by atoms with Crippen molar-refractivity contribution in [1.29, 1.82) is 0 Å². The predicted octanol–water partition coefficient (Wildman–Crippen LogP) is 2.96. The quantitative estimate of drug-likeness (QED) is 0.587. The van der Waals surface area contributed by atoms with Gasteiger partial charge in [-0.1, -0.05) is 17.7 Å². The van der Waals surface area contributed by atoms with E-state index in [0.29, 0.717) is 56.2 Å². The van der Waals surface area contributed by atoms with Gasteiger partial charge in [-0.3, -0.25) is 4.79 Å². The fourth-order valence-corrected chi connectivity index (χ4v) is 5.50. The highest BCUT2D eigenvalue weighted by Crippen LogP contribution is 2.39. The maximum atomic E-state index is 13.7. The lowest BCUT2D eigenvalue weighted by molar-refractivity contribution is -0.122.